The molecule has 0 unspecified atom stereocenters. The van der Waals surface area contributed by atoms with Gasteiger partial charge in [0.2, 0.25) is 5.95 Å². The van der Waals surface area contributed by atoms with Gasteiger partial charge in [-0.3, -0.25) is 9.78 Å². The van der Waals surface area contributed by atoms with Gasteiger partial charge < -0.3 is 14.5 Å². The Bertz CT molecular complexity index is 950. The van der Waals surface area contributed by atoms with Gasteiger partial charge in [0.1, 0.15) is 11.5 Å². The molecule has 0 amide bonds. The lowest BCUT2D eigenvalue weighted by atomic mass is 10.2. The minimum atomic E-state index is -0.388. The summed E-state index contributed by atoms with van der Waals surface area (Å²) < 4.78 is 10.4. The second kappa shape index (κ2) is 8.79. The molecule has 8 nitrogen and oxygen atoms in total. The van der Waals surface area contributed by atoms with Crippen LogP contribution in [0.15, 0.2) is 51.9 Å². The van der Waals surface area contributed by atoms with E-state index in [2.05, 4.69) is 20.5 Å². The Morgan fingerprint density at radius 2 is 2.15 bits per heavy atom. The maximum atomic E-state index is 12.2. The van der Waals surface area contributed by atoms with Crippen molar-refractivity contribution in [3.63, 3.8) is 0 Å². The largest absolute Gasteiger partial charge is 0.469 e. The van der Waals surface area contributed by atoms with Crippen molar-refractivity contribution in [3.05, 3.63) is 70.0 Å². The molecule has 0 fully saturated rings. The lowest BCUT2D eigenvalue weighted by molar-refractivity contribution is 0.0500. The van der Waals surface area contributed by atoms with Crippen LogP contribution < -0.4 is 10.9 Å². The molecular weight excluding hydrogens is 348 g/mol. The van der Waals surface area contributed by atoms with Crippen LogP contribution in [0.4, 0.5) is 11.6 Å². The molecule has 0 bridgehead atoms. The first-order valence-electron chi connectivity index (χ1n) is 8.68. The molecule has 27 heavy (non-hydrogen) atoms. The second-order valence-electron chi connectivity index (χ2n) is 5.90. The lowest BCUT2D eigenvalue weighted by Crippen LogP contribution is -2.18. The van der Waals surface area contributed by atoms with Crippen molar-refractivity contribution in [2.24, 2.45) is 0 Å². The van der Waals surface area contributed by atoms with Crippen LogP contribution in [-0.2, 0) is 11.2 Å². The van der Waals surface area contributed by atoms with Gasteiger partial charge in [-0.1, -0.05) is 19.4 Å². The van der Waals surface area contributed by atoms with E-state index in [1.165, 1.54) is 6.26 Å². The normalized spacial score (nSPS) is 10.6. The molecule has 0 radical (unpaired) electrons. The zero-order valence-electron chi connectivity index (χ0n) is 14.9. The highest BCUT2D eigenvalue weighted by Gasteiger charge is 2.10. The number of hydrogen-bond donors (Lipinski definition) is 2. The summed E-state index contributed by atoms with van der Waals surface area (Å²) in [6.45, 7) is 2.42. The van der Waals surface area contributed by atoms with Gasteiger partial charge in [0.05, 0.1) is 24.9 Å². The highest BCUT2D eigenvalue weighted by molar-refractivity contribution is 5.90. The Balaban J connectivity index is 1.68. The Morgan fingerprint density at radius 1 is 1.26 bits per heavy atom. The van der Waals surface area contributed by atoms with Crippen LogP contribution in [0.5, 0.6) is 0 Å². The zero-order valence-corrected chi connectivity index (χ0v) is 14.9. The van der Waals surface area contributed by atoms with Crippen molar-refractivity contribution < 1.29 is 13.9 Å². The Kier molecular flexibility index (Phi) is 5.98. The van der Waals surface area contributed by atoms with E-state index in [0.717, 1.165) is 12.8 Å². The van der Waals surface area contributed by atoms with Gasteiger partial charge in [-0.2, -0.15) is 0 Å². The smallest absolute Gasteiger partial charge is 0.338 e. The molecule has 0 spiro atoms. The van der Waals surface area contributed by atoms with Gasteiger partial charge >= 0.3 is 5.97 Å². The third-order valence-corrected chi connectivity index (χ3v) is 3.78. The quantitative estimate of drug-likeness (QED) is 0.464. The van der Waals surface area contributed by atoms with Crippen LogP contribution in [0.3, 0.4) is 0 Å². The average Bonchev–Trinajstić information content (AvgIpc) is 3.17. The van der Waals surface area contributed by atoms with Gasteiger partial charge in [0, 0.05) is 5.69 Å². The fourth-order valence-electron chi connectivity index (χ4n) is 2.36. The number of aromatic nitrogens is 3. The number of esters is 1. The highest BCUT2D eigenvalue weighted by atomic mass is 16.5. The number of rotatable bonds is 8. The molecule has 0 aliphatic rings. The van der Waals surface area contributed by atoms with E-state index in [1.54, 1.807) is 36.4 Å². The first-order valence-corrected chi connectivity index (χ1v) is 8.68. The predicted octanol–water partition coefficient (Wildman–Crippen LogP) is 3.05. The molecule has 0 aliphatic carbocycles. The van der Waals surface area contributed by atoms with Crippen molar-refractivity contribution >= 4 is 17.6 Å². The van der Waals surface area contributed by atoms with Crippen LogP contribution >= 0.6 is 0 Å². The maximum absolute atomic E-state index is 12.2. The molecule has 0 atom stereocenters. The molecule has 8 heteroatoms. The predicted molar refractivity (Wildman–Crippen MR) is 99.1 cm³/mol. The molecular formula is C19H20N4O4. The highest BCUT2D eigenvalue weighted by Crippen LogP contribution is 2.15. The number of carbonyl (C=O) groups is 1. The molecule has 3 rings (SSSR count). The summed E-state index contributed by atoms with van der Waals surface area (Å²) in [5, 5.41) is 10.9. The number of nitrogens with one attached hydrogen (secondary N) is 2. The summed E-state index contributed by atoms with van der Waals surface area (Å²) in [7, 11) is 0. The molecule has 1 aromatic carbocycles. The summed E-state index contributed by atoms with van der Waals surface area (Å²) in [6, 6.07) is 10.3. The van der Waals surface area contributed by atoms with Crippen molar-refractivity contribution in [2.45, 2.75) is 26.2 Å². The third kappa shape index (κ3) is 5.04. The van der Waals surface area contributed by atoms with E-state index < -0.39 is 0 Å². The molecule has 2 heterocycles. The van der Waals surface area contributed by atoms with Gasteiger partial charge in [0.25, 0.3) is 5.56 Å². The number of H-pyrrole nitrogens is 1. The number of furan rings is 1. The molecule has 0 saturated carbocycles. The number of hydrogen-bond acceptors (Lipinski definition) is 7. The molecule has 0 aliphatic heterocycles. The Labute approximate surface area is 155 Å². The first kappa shape index (κ1) is 18.4. The summed E-state index contributed by atoms with van der Waals surface area (Å²) >= 11 is 0. The first-order chi connectivity index (χ1) is 13.2. The summed E-state index contributed by atoms with van der Waals surface area (Å²) in [4.78, 5) is 26.8. The van der Waals surface area contributed by atoms with Crippen molar-refractivity contribution in [1.29, 1.82) is 0 Å². The van der Waals surface area contributed by atoms with E-state index in [-0.39, 0.29) is 29.6 Å². The van der Waals surface area contributed by atoms with Crippen LogP contribution in [0, 0.1) is 0 Å². The van der Waals surface area contributed by atoms with E-state index in [0.29, 0.717) is 23.6 Å². The number of nitrogens with zero attached hydrogens (tertiary/aromatic N) is 2. The molecule has 140 valence electrons. The van der Waals surface area contributed by atoms with Crippen LogP contribution in [0.2, 0.25) is 0 Å². The molecule has 0 saturated heterocycles. The summed E-state index contributed by atoms with van der Waals surface area (Å²) in [6.07, 6.45) is 3.57. The average molecular weight is 368 g/mol. The Morgan fingerprint density at radius 3 is 2.89 bits per heavy atom. The second-order valence-corrected chi connectivity index (χ2v) is 5.90. The number of aromatic amines is 1. The minimum absolute atomic E-state index is 0.180. The Hall–Kier alpha value is -3.42. The SMILES string of the molecule is CCCCOC(=O)c1cccc(Nc2nnc(Cc3ccco3)c(=O)[nH]2)c1. The van der Waals surface area contributed by atoms with E-state index >= 15 is 0 Å². The van der Waals surface area contributed by atoms with Gasteiger partial charge in [-0.25, -0.2) is 4.79 Å². The zero-order chi connectivity index (χ0) is 19.1. The number of unbranched alkanes of at least 4 members (excludes halogenated alkanes) is 1. The van der Waals surface area contributed by atoms with Gasteiger partial charge in [0.15, 0.2) is 0 Å². The van der Waals surface area contributed by atoms with Gasteiger partial charge in [-0.05, 0) is 36.8 Å². The fourth-order valence-corrected chi connectivity index (χ4v) is 2.36. The number of benzene rings is 1. The van der Waals surface area contributed by atoms with E-state index in [4.69, 9.17) is 9.15 Å². The van der Waals surface area contributed by atoms with Gasteiger partial charge in [-0.15, -0.1) is 10.2 Å². The van der Waals surface area contributed by atoms with Crippen molar-refractivity contribution in [2.75, 3.05) is 11.9 Å². The fraction of sp³-hybridized carbons (Fsp3) is 0.263. The van der Waals surface area contributed by atoms with Crippen LogP contribution in [0.25, 0.3) is 0 Å². The molecule has 2 N–H and O–H groups in total. The summed E-state index contributed by atoms with van der Waals surface area (Å²) in [5.74, 6) is 0.421. The monoisotopic (exact) mass is 368 g/mol. The molecule has 3 aromatic rings. The standard InChI is InChI=1S/C19H20N4O4/c1-2-3-9-27-18(25)13-6-4-7-14(11-13)20-19-21-17(24)16(22-23-19)12-15-8-5-10-26-15/h4-8,10-11H,2-3,9,12H2,1H3,(H2,20,21,23,24). The van der Waals surface area contributed by atoms with Crippen molar-refractivity contribution in [1.82, 2.24) is 15.2 Å². The van der Waals surface area contributed by atoms with E-state index in [1.807, 2.05) is 6.92 Å². The topological polar surface area (TPSA) is 110 Å². The van der Waals surface area contributed by atoms with Crippen molar-refractivity contribution in [3.8, 4) is 0 Å². The number of anilines is 2. The number of ether oxygens (including phenoxy) is 1. The minimum Gasteiger partial charge on any atom is -0.469 e. The maximum Gasteiger partial charge on any atom is 0.338 e. The molecule has 2 aromatic heterocycles. The van der Waals surface area contributed by atoms with E-state index in [9.17, 15) is 9.59 Å². The summed E-state index contributed by atoms with van der Waals surface area (Å²) in [5.41, 5.74) is 0.896. The third-order valence-electron chi connectivity index (χ3n) is 3.78. The lowest BCUT2D eigenvalue weighted by Gasteiger charge is -2.08. The van der Waals surface area contributed by atoms with Crippen LogP contribution in [-0.4, -0.2) is 27.8 Å². The van der Waals surface area contributed by atoms with Crippen LogP contribution in [0.1, 0.15) is 41.6 Å². The number of carbonyl (C=O) groups excluding carboxylic acids is 1.